The average molecular weight is 1180 g/mol. The first-order valence-electron chi connectivity index (χ1n) is 26.8. The van der Waals surface area contributed by atoms with Gasteiger partial charge >= 0.3 is 41.5 Å². The number of ether oxygens (including phenoxy) is 1. The molecule has 2 unspecified atom stereocenters. The number of fused-ring (bicyclic) bond motifs is 2. The number of aliphatic hydroxyl groups excluding tert-OH is 2. The first-order valence-corrected chi connectivity index (χ1v) is 30.5. The van der Waals surface area contributed by atoms with Gasteiger partial charge in [-0.05, 0) is 135 Å². The topological polar surface area (TPSA) is 319 Å². The molecule has 82 heavy (non-hydrogen) atoms. The van der Waals surface area contributed by atoms with Crippen LogP contribution in [0.4, 0.5) is 11.6 Å². The maximum Gasteiger partial charge on any atom is 1.00 e. The van der Waals surface area contributed by atoms with Crippen LogP contribution in [-0.2, 0) is 34.4 Å². The molecule has 4 aromatic heterocycles. The Morgan fingerprint density at radius 1 is 0.671 bits per heavy atom. The van der Waals surface area contributed by atoms with Crippen LogP contribution in [0.2, 0.25) is 0 Å². The number of hydrogen-bond acceptors (Lipinski definition) is 16. The second-order valence-electron chi connectivity index (χ2n) is 22.0. The fourth-order valence-electron chi connectivity index (χ4n) is 9.40. The van der Waals surface area contributed by atoms with Crippen molar-refractivity contribution in [1.82, 2.24) is 20.6 Å². The molecule has 0 spiro atoms. The second-order valence-corrected chi connectivity index (χ2v) is 25.8. The van der Waals surface area contributed by atoms with Crippen LogP contribution in [0, 0.1) is 24.7 Å². The number of anilines is 2. The molecule has 8 rings (SSSR count). The number of aromatic nitrogens is 2. The molecule has 0 saturated heterocycles. The van der Waals surface area contributed by atoms with Crippen LogP contribution in [0.15, 0.2) is 69.5 Å². The Bertz CT molecular complexity index is 3520. The molecule has 2 amide bonds. The Balaban J connectivity index is 0.000000294. The van der Waals surface area contributed by atoms with Gasteiger partial charge in [0.25, 0.3) is 11.8 Å². The summed E-state index contributed by atoms with van der Waals surface area (Å²) >= 11 is 0. The van der Waals surface area contributed by atoms with E-state index in [-0.39, 0.29) is 127 Å². The fourth-order valence-corrected chi connectivity index (χ4v) is 11.2. The number of carbonyl (C=O) groups excluding carboxylic acids is 3. The monoisotopic (exact) mass is 1180 g/mol. The predicted octanol–water partition coefficient (Wildman–Crippen LogP) is 5.42. The minimum absolute atomic E-state index is 0. The van der Waals surface area contributed by atoms with Crippen LogP contribution in [0.5, 0.6) is 0 Å². The molecule has 6 aromatic rings. The fraction of sp³-hybridized carbons (Fsp3) is 0.483. The smallest absolute Gasteiger partial charge is 0.870 e. The van der Waals surface area contributed by atoms with Crippen molar-refractivity contribution in [3.05, 3.63) is 94.0 Å². The van der Waals surface area contributed by atoms with E-state index in [1.165, 1.54) is 29.5 Å². The number of sulfonamides is 2. The van der Waals surface area contributed by atoms with E-state index >= 15 is 0 Å². The number of esters is 1. The van der Waals surface area contributed by atoms with Crippen molar-refractivity contribution >= 4 is 77.6 Å². The molecule has 6 N–H and O–H groups in total. The van der Waals surface area contributed by atoms with E-state index in [4.69, 9.17) is 18.6 Å². The summed E-state index contributed by atoms with van der Waals surface area (Å²) in [6.45, 7) is 11.9. The molecule has 440 valence electrons. The zero-order chi connectivity index (χ0) is 58.8. The summed E-state index contributed by atoms with van der Waals surface area (Å²) in [5.74, 6) is -0.910. The third kappa shape index (κ3) is 14.9. The van der Waals surface area contributed by atoms with E-state index in [1.807, 2.05) is 74.5 Å². The molecule has 2 aliphatic rings. The number of benzene rings is 2. The number of nitrogens with one attached hydrogen (secondary N) is 2. The van der Waals surface area contributed by atoms with Crippen molar-refractivity contribution < 1.29 is 99.9 Å². The largest absolute Gasteiger partial charge is 1.00 e. The standard InChI is InChI=1S/C30H39N3O7S.C28H35N3O7S.Na.H2O/c1-7-39-29(36)30(3,4)23(34)9-8-16-33(41(6,37)38)26-21(19-14-15-19)17-22-24(27(35)31-5)25(40-28(22)32-26)20-12-10-18(2)11-13-20;1-16-8-10-18(11-9-16)23-22(25(33)29-4)20-15-19(17-12-13-17)24(30-26(20)38-23)31(39(5,36)37)14-6-7-21(32)28(2,3)27(34)35;;/h10-13,17,19,23,34H,7-9,14-16H2,1-6H3,(H,31,35);8-11,15,17,21,32H,6-7,12-14H2,1-5H3,(H,29,33)(H,34,35);;1H2/q;;+1;/p-1. The van der Waals surface area contributed by atoms with Crippen molar-refractivity contribution in [1.29, 1.82) is 0 Å². The van der Waals surface area contributed by atoms with Crippen LogP contribution in [-0.4, -0.2) is 130 Å². The summed E-state index contributed by atoms with van der Waals surface area (Å²) in [6, 6.07) is 18.8. The molecule has 24 heteroatoms. The third-order valence-electron chi connectivity index (χ3n) is 14.9. The first-order chi connectivity index (χ1) is 37.5. The summed E-state index contributed by atoms with van der Waals surface area (Å²) in [5, 5.41) is 37.0. The van der Waals surface area contributed by atoms with Gasteiger partial charge in [-0.1, -0.05) is 59.7 Å². The Morgan fingerprint density at radius 2 is 1.02 bits per heavy atom. The van der Waals surface area contributed by atoms with E-state index in [2.05, 4.69) is 15.6 Å². The van der Waals surface area contributed by atoms with E-state index < -0.39 is 55.0 Å². The molecule has 0 bridgehead atoms. The van der Waals surface area contributed by atoms with E-state index in [1.54, 1.807) is 27.8 Å². The van der Waals surface area contributed by atoms with Crippen LogP contribution < -0.4 is 48.8 Å². The first kappa shape index (κ1) is 66.9. The van der Waals surface area contributed by atoms with Crippen molar-refractivity contribution in [2.24, 2.45) is 10.8 Å². The molecule has 4 heterocycles. The SMILES string of the molecule is CCOC(=O)C(C)(C)C(O)CCCN(c1nc2oc(-c3ccc(C)cc3)c(C(=O)NC)c2cc1C1CC1)S(C)(=O)=O.CNC(=O)c1c(-c2ccc(C)cc2)oc2nc(N(CCCC(O)C(C)(C)C(=O)O)S(C)(=O)=O)c(C3CC3)cc12.[Na+].[OH-]. The number of aliphatic carboxylic acids is 1. The maximum atomic E-state index is 13.1. The quantitative estimate of drug-likeness (QED) is 0.0395. The summed E-state index contributed by atoms with van der Waals surface area (Å²) in [7, 11) is -4.49. The number of aryl methyl sites for hydroxylation is 2. The molecule has 2 atom stereocenters. The minimum atomic E-state index is -3.79. The zero-order valence-corrected chi connectivity index (χ0v) is 52.4. The molecule has 2 fully saturated rings. The number of furan rings is 2. The molecular weight excluding hydrogens is 1110 g/mol. The Kier molecular flexibility index (Phi) is 21.8. The summed E-state index contributed by atoms with van der Waals surface area (Å²) < 4.78 is 71.8. The van der Waals surface area contributed by atoms with E-state index in [9.17, 15) is 51.3 Å². The predicted molar refractivity (Wildman–Crippen MR) is 308 cm³/mol. The Labute approximate surface area is 501 Å². The van der Waals surface area contributed by atoms with E-state index in [0.717, 1.165) is 54.9 Å². The van der Waals surface area contributed by atoms with Gasteiger partial charge in [-0.3, -0.25) is 27.8 Å². The van der Waals surface area contributed by atoms with Crippen molar-refractivity contribution in [3.63, 3.8) is 0 Å². The minimum Gasteiger partial charge on any atom is -0.870 e. The van der Waals surface area contributed by atoms with E-state index in [0.29, 0.717) is 50.1 Å². The second kappa shape index (κ2) is 26.8. The summed E-state index contributed by atoms with van der Waals surface area (Å²) in [5.41, 5.74) is 3.43. The van der Waals surface area contributed by atoms with Gasteiger partial charge in [0, 0.05) is 38.3 Å². The normalized spacial score (nSPS) is 14.4. The molecular formula is C58H75N6NaO15S2. The molecule has 2 saturated carbocycles. The van der Waals surface area contributed by atoms with Gasteiger partial charge in [-0.25, -0.2) is 16.8 Å². The molecule has 21 nitrogen and oxygen atoms in total. The number of carboxylic acid groups (broad SMARTS) is 1. The third-order valence-corrected chi connectivity index (χ3v) is 17.2. The summed E-state index contributed by atoms with van der Waals surface area (Å²) in [6.07, 6.45) is 4.25. The number of aliphatic hydroxyl groups is 2. The van der Waals surface area contributed by atoms with Crippen molar-refractivity contribution in [3.8, 4) is 22.6 Å². The van der Waals surface area contributed by atoms with Gasteiger partial charge in [0.15, 0.2) is 0 Å². The van der Waals surface area contributed by atoms with Gasteiger partial charge in [-0.2, -0.15) is 9.97 Å². The number of hydrogen-bond donors (Lipinski definition) is 5. The molecule has 2 aliphatic carbocycles. The number of carboxylic acids is 1. The average Bonchev–Trinajstić information content (AvgIpc) is 4.35. The van der Waals surface area contributed by atoms with Gasteiger partial charge in [-0.15, -0.1) is 0 Å². The summed E-state index contributed by atoms with van der Waals surface area (Å²) in [4.78, 5) is 59.2. The molecule has 0 aliphatic heterocycles. The Morgan fingerprint density at radius 3 is 1.33 bits per heavy atom. The van der Waals surface area contributed by atoms with Crippen LogP contribution in [0.3, 0.4) is 0 Å². The zero-order valence-electron chi connectivity index (χ0n) is 48.7. The van der Waals surface area contributed by atoms with Crippen LogP contribution in [0.25, 0.3) is 44.8 Å². The van der Waals surface area contributed by atoms with Crippen molar-refractivity contribution in [2.75, 3.05) is 54.9 Å². The molecule has 0 radical (unpaired) electrons. The van der Waals surface area contributed by atoms with Crippen LogP contribution in [0.1, 0.15) is 141 Å². The maximum absolute atomic E-state index is 13.1. The number of amides is 2. The molecule has 2 aromatic carbocycles. The van der Waals surface area contributed by atoms with Gasteiger partial charge < -0.3 is 45.0 Å². The number of nitrogens with zero attached hydrogens (tertiary/aromatic N) is 4. The number of carbonyl (C=O) groups is 4. The van der Waals surface area contributed by atoms with Gasteiger partial charge in [0.2, 0.25) is 31.5 Å². The number of pyridine rings is 2. The Hall–Kier alpha value is -5.92. The van der Waals surface area contributed by atoms with Gasteiger partial charge in [0.1, 0.15) is 23.2 Å². The number of rotatable bonds is 23. The van der Waals surface area contributed by atoms with Crippen LogP contribution >= 0.6 is 0 Å². The van der Waals surface area contributed by atoms with Gasteiger partial charge in [0.05, 0.1) is 64.1 Å². The van der Waals surface area contributed by atoms with Crippen molar-refractivity contribution in [2.45, 2.75) is 124 Å².